The second-order valence-electron chi connectivity index (χ2n) is 4.33. The van der Waals surface area contributed by atoms with Crippen LogP contribution in [0, 0.1) is 5.92 Å². The maximum absolute atomic E-state index is 5.38. The van der Waals surface area contributed by atoms with Gasteiger partial charge in [0.25, 0.3) is 0 Å². The molecule has 0 N–H and O–H groups in total. The van der Waals surface area contributed by atoms with E-state index in [2.05, 4.69) is 6.92 Å². The van der Waals surface area contributed by atoms with Crippen LogP contribution in [-0.2, 0) is 4.43 Å². The summed E-state index contributed by atoms with van der Waals surface area (Å²) in [5.74, 6) is 1.05. The van der Waals surface area contributed by atoms with Crippen molar-refractivity contribution in [2.75, 3.05) is 6.61 Å². The zero-order valence-corrected chi connectivity index (χ0v) is 10.6. The van der Waals surface area contributed by atoms with Crippen LogP contribution in [0.15, 0.2) is 0 Å². The van der Waals surface area contributed by atoms with E-state index in [1.165, 1.54) is 57.4 Å². The fourth-order valence-electron chi connectivity index (χ4n) is 2.29. The van der Waals surface area contributed by atoms with Crippen LogP contribution in [0.5, 0.6) is 0 Å². The Balaban J connectivity index is 1.93. The molecule has 1 saturated carbocycles. The topological polar surface area (TPSA) is 9.23 Å². The molecule has 0 atom stereocenters. The van der Waals surface area contributed by atoms with Gasteiger partial charge < -0.3 is 4.43 Å². The number of rotatable bonds is 6. The van der Waals surface area contributed by atoms with Crippen molar-refractivity contribution < 1.29 is 4.43 Å². The minimum Gasteiger partial charge on any atom is -0.418 e. The van der Waals surface area contributed by atoms with Gasteiger partial charge in [-0.2, -0.15) is 0 Å². The summed E-state index contributed by atoms with van der Waals surface area (Å²) in [6, 6.07) is 1.30. The fourth-order valence-corrected chi connectivity index (χ4v) is 2.99. The first-order chi connectivity index (χ1) is 6.93. The van der Waals surface area contributed by atoms with Crippen LogP contribution in [0.25, 0.3) is 0 Å². The molecule has 0 aromatic carbocycles. The molecular weight excluding hydrogens is 188 g/mol. The Bertz CT molecular complexity index is 119. The highest BCUT2D eigenvalue weighted by molar-refractivity contribution is 6.26. The summed E-state index contributed by atoms with van der Waals surface area (Å²) in [5, 5.41) is 0. The minimum absolute atomic E-state index is 0.752. The monoisotopic (exact) mass is 212 g/mol. The fraction of sp³-hybridized carbons (Fsp3) is 1.00. The van der Waals surface area contributed by atoms with E-state index >= 15 is 0 Å². The number of hydrogen-bond donors (Lipinski definition) is 0. The molecule has 14 heavy (non-hydrogen) atoms. The molecule has 0 heterocycles. The van der Waals surface area contributed by atoms with Crippen molar-refractivity contribution in [3.8, 4) is 0 Å². The molecule has 1 rings (SSSR count). The molecule has 0 aromatic heterocycles. The Morgan fingerprint density at radius 1 is 1.14 bits per heavy atom. The normalized spacial score (nSPS) is 19.5. The van der Waals surface area contributed by atoms with Gasteiger partial charge in [-0.25, -0.2) is 0 Å². The summed E-state index contributed by atoms with van der Waals surface area (Å²) >= 11 is 0. The Kier molecular flexibility index (Phi) is 7.42. The van der Waals surface area contributed by atoms with Crippen LogP contribution >= 0.6 is 0 Å². The summed E-state index contributed by atoms with van der Waals surface area (Å²) < 4.78 is 5.38. The third-order valence-corrected chi connectivity index (χ3v) is 4.16. The average molecular weight is 212 g/mol. The SMILES string of the molecule is CCO[Si]CCCC1CCCCCC1. The predicted molar refractivity (Wildman–Crippen MR) is 62.6 cm³/mol. The van der Waals surface area contributed by atoms with E-state index in [9.17, 15) is 0 Å². The van der Waals surface area contributed by atoms with E-state index in [0.717, 1.165) is 22.3 Å². The second kappa shape index (κ2) is 8.48. The molecule has 0 unspecified atom stereocenters. The first kappa shape index (κ1) is 12.2. The van der Waals surface area contributed by atoms with Crippen LogP contribution in [0.4, 0.5) is 0 Å². The standard InChI is InChI=1S/C12H24OSi/c1-2-13-14-11-7-10-12-8-5-3-4-6-9-12/h12H,2-11H2,1H3. The van der Waals surface area contributed by atoms with Crippen molar-refractivity contribution in [3.05, 3.63) is 0 Å². The first-order valence-electron chi connectivity index (χ1n) is 6.28. The van der Waals surface area contributed by atoms with Gasteiger partial charge in [-0.1, -0.05) is 51.4 Å². The van der Waals surface area contributed by atoms with Crippen LogP contribution in [0.3, 0.4) is 0 Å². The van der Waals surface area contributed by atoms with Gasteiger partial charge in [0.2, 0.25) is 9.76 Å². The van der Waals surface area contributed by atoms with Crippen molar-refractivity contribution in [1.82, 2.24) is 0 Å². The first-order valence-corrected chi connectivity index (χ1v) is 7.39. The third-order valence-electron chi connectivity index (χ3n) is 3.11. The largest absolute Gasteiger partial charge is 0.418 e. The summed E-state index contributed by atoms with van der Waals surface area (Å²) in [6.07, 6.45) is 11.8. The molecule has 0 aliphatic heterocycles. The van der Waals surface area contributed by atoms with E-state index in [0.29, 0.717) is 0 Å². The van der Waals surface area contributed by atoms with Gasteiger partial charge in [-0.05, 0) is 18.9 Å². The average Bonchev–Trinajstić information content (AvgIpc) is 2.46. The maximum atomic E-state index is 5.38. The zero-order chi connectivity index (χ0) is 10.1. The van der Waals surface area contributed by atoms with E-state index in [-0.39, 0.29) is 0 Å². The summed E-state index contributed by atoms with van der Waals surface area (Å²) in [5.41, 5.74) is 0. The van der Waals surface area contributed by atoms with Gasteiger partial charge >= 0.3 is 0 Å². The zero-order valence-electron chi connectivity index (χ0n) is 9.56. The Morgan fingerprint density at radius 3 is 2.50 bits per heavy atom. The molecule has 1 aliphatic carbocycles. The quantitative estimate of drug-likeness (QED) is 0.369. The Hall–Kier alpha value is 0.177. The van der Waals surface area contributed by atoms with Gasteiger partial charge in [0, 0.05) is 6.61 Å². The lowest BCUT2D eigenvalue weighted by molar-refractivity contribution is 0.355. The molecule has 82 valence electrons. The van der Waals surface area contributed by atoms with Gasteiger partial charge in [0.05, 0.1) is 0 Å². The minimum atomic E-state index is 0.752. The molecule has 0 amide bonds. The summed E-state index contributed by atoms with van der Waals surface area (Å²) in [6.45, 7) is 2.97. The van der Waals surface area contributed by atoms with Crippen LogP contribution in [0.2, 0.25) is 6.04 Å². The van der Waals surface area contributed by atoms with Gasteiger partial charge in [-0.3, -0.25) is 0 Å². The van der Waals surface area contributed by atoms with Gasteiger partial charge in [0.15, 0.2) is 0 Å². The highest BCUT2D eigenvalue weighted by Crippen LogP contribution is 2.26. The summed E-state index contributed by atoms with van der Waals surface area (Å²) in [7, 11) is 0.752. The highest BCUT2D eigenvalue weighted by atomic mass is 28.2. The molecule has 0 bridgehead atoms. The Labute approximate surface area is 91.6 Å². The van der Waals surface area contributed by atoms with Gasteiger partial charge in [-0.15, -0.1) is 0 Å². The molecule has 1 aliphatic rings. The van der Waals surface area contributed by atoms with E-state index in [1.54, 1.807) is 0 Å². The highest BCUT2D eigenvalue weighted by Gasteiger charge is 2.11. The van der Waals surface area contributed by atoms with Crippen molar-refractivity contribution in [1.29, 1.82) is 0 Å². The molecular formula is C12H24OSi. The van der Waals surface area contributed by atoms with Crippen LogP contribution < -0.4 is 0 Å². The van der Waals surface area contributed by atoms with Crippen LogP contribution in [-0.4, -0.2) is 16.4 Å². The lowest BCUT2D eigenvalue weighted by Gasteiger charge is -2.12. The molecule has 0 spiro atoms. The second-order valence-corrected chi connectivity index (χ2v) is 5.40. The van der Waals surface area contributed by atoms with Gasteiger partial charge in [0.1, 0.15) is 0 Å². The molecule has 0 aromatic rings. The van der Waals surface area contributed by atoms with Crippen molar-refractivity contribution >= 4 is 9.76 Å². The van der Waals surface area contributed by atoms with E-state index < -0.39 is 0 Å². The van der Waals surface area contributed by atoms with Crippen molar-refractivity contribution in [2.24, 2.45) is 5.92 Å². The smallest absolute Gasteiger partial charge is 0.229 e. The molecule has 2 radical (unpaired) electrons. The van der Waals surface area contributed by atoms with Crippen LogP contribution in [0.1, 0.15) is 58.3 Å². The maximum Gasteiger partial charge on any atom is 0.229 e. The Morgan fingerprint density at radius 2 is 1.86 bits per heavy atom. The van der Waals surface area contributed by atoms with E-state index in [1.807, 2.05) is 0 Å². The van der Waals surface area contributed by atoms with Crippen molar-refractivity contribution in [2.45, 2.75) is 64.3 Å². The number of hydrogen-bond acceptors (Lipinski definition) is 1. The lowest BCUT2D eigenvalue weighted by Crippen LogP contribution is -2.01. The predicted octanol–water partition coefficient (Wildman–Crippen LogP) is 3.81. The lowest BCUT2D eigenvalue weighted by atomic mass is 9.95. The third kappa shape index (κ3) is 5.81. The van der Waals surface area contributed by atoms with Crippen molar-refractivity contribution in [3.63, 3.8) is 0 Å². The van der Waals surface area contributed by atoms with E-state index in [4.69, 9.17) is 4.43 Å². The molecule has 1 fully saturated rings. The molecule has 0 saturated heterocycles. The molecule has 1 nitrogen and oxygen atoms in total. The summed E-state index contributed by atoms with van der Waals surface area (Å²) in [4.78, 5) is 0. The molecule has 2 heteroatoms.